The second-order valence-corrected chi connectivity index (χ2v) is 9.81. The minimum absolute atomic E-state index is 0.0232. The summed E-state index contributed by atoms with van der Waals surface area (Å²) in [7, 11) is 0. The molecular weight excluding hydrogens is 438 g/mol. The Morgan fingerprint density at radius 3 is 2.54 bits per heavy atom. The van der Waals surface area contributed by atoms with Gasteiger partial charge in [-0.1, -0.05) is 54.6 Å². The lowest BCUT2D eigenvalue weighted by atomic mass is 9.90. The predicted molar refractivity (Wildman–Crippen MR) is 140 cm³/mol. The molecule has 1 heterocycles. The maximum Gasteiger partial charge on any atom is 0.243 e. The number of nitrogen functional groups attached to an aromatic ring is 1. The number of carbonyl (C=O) groups excluding carboxylic acids is 1. The average Bonchev–Trinajstić information content (AvgIpc) is 3.18. The van der Waals surface area contributed by atoms with E-state index in [1.165, 1.54) is 0 Å². The van der Waals surface area contributed by atoms with Gasteiger partial charge in [0.1, 0.15) is 11.9 Å². The molecule has 2 aliphatic rings. The summed E-state index contributed by atoms with van der Waals surface area (Å²) in [6, 6.07) is 19.7. The van der Waals surface area contributed by atoms with E-state index in [4.69, 9.17) is 16.9 Å². The molecule has 2 unspecified atom stereocenters. The number of carbonyl (C=O) groups is 1. The fourth-order valence-corrected chi connectivity index (χ4v) is 5.68. The number of hydrogen-bond acceptors (Lipinski definition) is 5. The molecule has 0 bridgehead atoms. The van der Waals surface area contributed by atoms with Gasteiger partial charge >= 0.3 is 0 Å². The molecule has 0 spiro atoms. The van der Waals surface area contributed by atoms with Crippen LogP contribution in [0.15, 0.2) is 60.7 Å². The van der Waals surface area contributed by atoms with Gasteiger partial charge in [0, 0.05) is 35.8 Å². The van der Waals surface area contributed by atoms with Crippen molar-refractivity contribution in [1.29, 1.82) is 5.41 Å². The first-order valence-electron chi connectivity index (χ1n) is 12.3. The van der Waals surface area contributed by atoms with E-state index in [2.05, 4.69) is 34.5 Å². The van der Waals surface area contributed by atoms with Gasteiger partial charge in [-0.3, -0.25) is 10.2 Å². The molecule has 7 nitrogen and oxygen atoms in total. The van der Waals surface area contributed by atoms with E-state index in [9.17, 15) is 9.90 Å². The van der Waals surface area contributed by atoms with E-state index >= 15 is 0 Å². The van der Waals surface area contributed by atoms with Gasteiger partial charge in [0.2, 0.25) is 5.91 Å². The molecule has 0 saturated heterocycles. The van der Waals surface area contributed by atoms with E-state index in [1.807, 2.05) is 30.3 Å². The molecule has 7 heteroatoms. The summed E-state index contributed by atoms with van der Waals surface area (Å²) in [5.74, 6) is -0.470. The number of anilines is 1. The summed E-state index contributed by atoms with van der Waals surface area (Å²) < 4.78 is 0. The smallest absolute Gasteiger partial charge is 0.243 e. The zero-order valence-electron chi connectivity index (χ0n) is 19.8. The summed E-state index contributed by atoms with van der Waals surface area (Å²) in [6.07, 6.45) is 3.55. The lowest BCUT2D eigenvalue weighted by Gasteiger charge is -2.33. The minimum atomic E-state index is -0.563. The molecule has 0 radical (unpaired) electrons. The Balaban J connectivity index is 1.53. The zero-order chi connectivity index (χ0) is 24.5. The van der Waals surface area contributed by atoms with Crippen LogP contribution in [0.2, 0.25) is 0 Å². The van der Waals surface area contributed by atoms with Crippen molar-refractivity contribution in [3.63, 3.8) is 0 Å². The highest BCUT2D eigenvalue weighted by Crippen LogP contribution is 2.43. The van der Waals surface area contributed by atoms with Crippen LogP contribution in [-0.4, -0.2) is 41.6 Å². The average molecular weight is 472 g/mol. The lowest BCUT2D eigenvalue weighted by molar-refractivity contribution is -0.124. The second kappa shape index (κ2) is 9.68. The highest BCUT2D eigenvalue weighted by Gasteiger charge is 2.43. The highest BCUT2D eigenvalue weighted by molar-refractivity contribution is 5.97. The van der Waals surface area contributed by atoms with E-state index in [0.29, 0.717) is 12.1 Å². The van der Waals surface area contributed by atoms with Crippen LogP contribution in [0, 0.1) is 5.41 Å². The quantitative estimate of drug-likeness (QED) is 0.279. The van der Waals surface area contributed by atoms with Crippen LogP contribution in [0.25, 0.3) is 10.8 Å². The summed E-state index contributed by atoms with van der Waals surface area (Å²) in [5, 5.41) is 23.9. The Kier molecular flexibility index (Phi) is 6.45. The van der Waals surface area contributed by atoms with Crippen LogP contribution in [0.4, 0.5) is 5.69 Å². The predicted octanol–water partition coefficient (Wildman–Crippen LogP) is 2.97. The maximum absolute atomic E-state index is 13.8. The maximum atomic E-state index is 13.8. The number of amidine groups is 1. The normalized spacial score (nSPS) is 23.8. The number of benzene rings is 3. The number of amides is 1. The fraction of sp³-hybridized carbons (Fsp3) is 0.357. The molecule has 1 amide bonds. The molecular formula is C28H33N5O2. The van der Waals surface area contributed by atoms with E-state index in [-0.39, 0.29) is 36.4 Å². The molecule has 1 fully saturated rings. The van der Waals surface area contributed by atoms with Gasteiger partial charge in [0.15, 0.2) is 0 Å². The van der Waals surface area contributed by atoms with E-state index in [1.54, 1.807) is 6.07 Å². The van der Waals surface area contributed by atoms with E-state index < -0.39 is 6.04 Å². The minimum Gasteiger partial charge on any atom is -0.396 e. The Hall–Kier alpha value is -3.42. The molecule has 0 aromatic heterocycles. The Bertz CT molecular complexity index is 1250. The van der Waals surface area contributed by atoms with Gasteiger partial charge in [0.25, 0.3) is 0 Å². The first kappa shape index (κ1) is 23.3. The van der Waals surface area contributed by atoms with Gasteiger partial charge in [-0.15, -0.1) is 0 Å². The van der Waals surface area contributed by atoms with Gasteiger partial charge in [-0.2, -0.15) is 0 Å². The highest BCUT2D eigenvalue weighted by atomic mass is 16.3. The topological polar surface area (TPSA) is 128 Å². The molecule has 35 heavy (non-hydrogen) atoms. The molecule has 1 aliphatic carbocycles. The Morgan fingerprint density at radius 2 is 1.80 bits per heavy atom. The van der Waals surface area contributed by atoms with Crippen molar-refractivity contribution in [2.24, 2.45) is 11.5 Å². The number of nitrogens with zero attached hydrogens (tertiary/aromatic N) is 1. The Morgan fingerprint density at radius 1 is 1.06 bits per heavy atom. The molecule has 3 aromatic rings. The molecule has 2 atom stereocenters. The van der Waals surface area contributed by atoms with Crippen LogP contribution in [0.3, 0.4) is 0 Å². The van der Waals surface area contributed by atoms with Gasteiger partial charge < -0.3 is 26.8 Å². The van der Waals surface area contributed by atoms with Crippen molar-refractivity contribution in [3.05, 3.63) is 77.4 Å². The standard InChI is InChI=1S/C28H33N5O2/c29-20-9-11-21(12-10-20)32-28(35)26-24(16-34)23-13-8-18(27(30)31)14-25(23)33(26)15-19-6-3-5-17-4-1-2-7-22(17)19/h1-8,13-14,20-21,24,26,34H,9-12,15-16,29H2,(H3,30,31)(H,32,35)/t20-,21-,24?,26?. The number of nitrogens with one attached hydrogen (secondary N) is 2. The number of aliphatic hydroxyl groups is 1. The van der Waals surface area contributed by atoms with Crippen molar-refractivity contribution < 1.29 is 9.90 Å². The van der Waals surface area contributed by atoms with Crippen molar-refractivity contribution in [2.45, 2.75) is 56.3 Å². The van der Waals surface area contributed by atoms with Gasteiger partial charge in [-0.05, 0) is 53.6 Å². The second-order valence-electron chi connectivity index (χ2n) is 9.81. The number of aliphatic hydroxyl groups excluding tert-OH is 1. The summed E-state index contributed by atoms with van der Waals surface area (Å²) in [4.78, 5) is 15.8. The van der Waals surface area contributed by atoms with E-state index in [0.717, 1.165) is 53.3 Å². The zero-order valence-corrected chi connectivity index (χ0v) is 19.8. The van der Waals surface area contributed by atoms with Crippen LogP contribution < -0.4 is 21.7 Å². The summed E-state index contributed by atoms with van der Waals surface area (Å²) >= 11 is 0. The first-order chi connectivity index (χ1) is 17.0. The summed E-state index contributed by atoms with van der Waals surface area (Å²) in [6.45, 7) is 0.353. The fourth-order valence-electron chi connectivity index (χ4n) is 5.68. The molecule has 5 rings (SSSR count). The van der Waals surface area contributed by atoms with Crippen molar-refractivity contribution in [2.75, 3.05) is 11.5 Å². The van der Waals surface area contributed by atoms with Gasteiger partial charge in [0.05, 0.1) is 6.61 Å². The first-order valence-corrected chi connectivity index (χ1v) is 12.3. The Labute approximate surface area is 205 Å². The van der Waals surface area contributed by atoms with Gasteiger partial charge in [-0.25, -0.2) is 0 Å². The van der Waals surface area contributed by atoms with Crippen LogP contribution in [0.5, 0.6) is 0 Å². The van der Waals surface area contributed by atoms with Crippen molar-refractivity contribution in [3.8, 4) is 0 Å². The van der Waals surface area contributed by atoms with Crippen LogP contribution in [-0.2, 0) is 11.3 Å². The molecule has 1 aliphatic heterocycles. The number of fused-ring (bicyclic) bond motifs is 2. The third kappa shape index (κ3) is 4.49. The number of hydrogen-bond donors (Lipinski definition) is 5. The van der Waals surface area contributed by atoms with Crippen molar-refractivity contribution in [1.82, 2.24) is 5.32 Å². The number of rotatable bonds is 6. The largest absolute Gasteiger partial charge is 0.396 e. The lowest BCUT2D eigenvalue weighted by Crippen LogP contribution is -2.51. The van der Waals surface area contributed by atoms with Crippen LogP contribution >= 0.6 is 0 Å². The third-order valence-corrected chi connectivity index (χ3v) is 7.57. The van der Waals surface area contributed by atoms with Crippen LogP contribution in [0.1, 0.15) is 48.3 Å². The summed E-state index contributed by atoms with van der Waals surface area (Å²) in [5.41, 5.74) is 15.3. The van der Waals surface area contributed by atoms with Crippen molar-refractivity contribution >= 4 is 28.2 Å². The molecule has 1 saturated carbocycles. The SMILES string of the molecule is N=C(N)c1ccc2c(c1)N(Cc1cccc3ccccc13)C(C(=O)N[C@H]1CC[C@H](N)CC1)C2CO. The monoisotopic (exact) mass is 471 g/mol. The number of nitrogens with two attached hydrogens (primary N) is 2. The third-order valence-electron chi connectivity index (χ3n) is 7.57. The molecule has 182 valence electrons. The molecule has 3 aromatic carbocycles. The molecule has 7 N–H and O–H groups in total.